The second kappa shape index (κ2) is 9.24. The molecule has 1 aliphatic rings. The zero-order valence-corrected chi connectivity index (χ0v) is 18.0. The van der Waals surface area contributed by atoms with Crippen LogP contribution in [0.5, 0.6) is 5.75 Å². The first-order valence-corrected chi connectivity index (χ1v) is 10.4. The summed E-state index contributed by atoms with van der Waals surface area (Å²) in [5.41, 5.74) is 2.27. The van der Waals surface area contributed by atoms with Crippen molar-refractivity contribution in [3.8, 4) is 5.75 Å². The highest BCUT2D eigenvalue weighted by Gasteiger charge is 2.39. The van der Waals surface area contributed by atoms with Crippen molar-refractivity contribution in [2.45, 2.75) is 6.42 Å². The van der Waals surface area contributed by atoms with Gasteiger partial charge in [0, 0.05) is 11.6 Å². The van der Waals surface area contributed by atoms with Crippen molar-refractivity contribution in [3.05, 3.63) is 100 Å². The number of hydrogen-bond acceptors (Lipinski definition) is 4. The molecule has 0 saturated carbocycles. The van der Waals surface area contributed by atoms with Crippen LogP contribution in [0.3, 0.4) is 0 Å². The summed E-state index contributed by atoms with van der Waals surface area (Å²) < 4.78 is 18.8. The number of carbonyl (C=O) groups is 2. The lowest BCUT2D eigenvalue weighted by atomic mass is 10.0. The molecule has 3 aromatic carbocycles. The molecule has 0 atom stereocenters. The summed E-state index contributed by atoms with van der Waals surface area (Å²) in [6.07, 6.45) is 0.479. The molecule has 0 fully saturated rings. The standard InChI is InChI=1S/C25H20ClFN2O3/c1-32-21-5-3-2-4-20(21)28-23-22(17-8-12-19(27)13-9-17)24(30)29(25(23)31)15-14-16-6-10-18(26)11-7-16/h2-13,28H,14-15H2,1H3. The van der Waals surface area contributed by atoms with E-state index in [1.54, 1.807) is 36.4 Å². The molecule has 1 N–H and O–H groups in total. The van der Waals surface area contributed by atoms with Crippen molar-refractivity contribution in [1.82, 2.24) is 4.90 Å². The van der Waals surface area contributed by atoms with E-state index in [0.29, 0.717) is 28.4 Å². The van der Waals surface area contributed by atoms with Crippen LogP contribution >= 0.6 is 11.6 Å². The van der Waals surface area contributed by atoms with Crippen molar-refractivity contribution in [2.24, 2.45) is 0 Å². The second-order valence-corrected chi connectivity index (χ2v) is 7.66. The van der Waals surface area contributed by atoms with Crippen LogP contribution in [-0.2, 0) is 16.0 Å². The van der Waals surface area contributed by atoms with Crippen LogP contribution in [-0.4, -0.2) is 30.4 Å². The number of anilines is 1. The molecule has 5 nitrogen and oxygen atoms in total. The Balaban J connectivity index is 1.67. The molecule has 2 amide bonds. The summed E-state index contributed by atoms with van der Waals surface area (Å²) in [7, 11) is 1.52. The van der Waals surface area contributed by atoms with Gasteiger partial charge in [0.2, 0.25) is 0 Å². The zero-order chi connectivity index (χ0) is 22.7. The van der Waals surface area contributed by atoms with Gasteiger partial charge in [0.05, 0.1) is 18.4 Å². The number of rotatable bonds is 7. The number of carbonyl (C=O) groups excluding carboxylic acids is 2. The fourth-order valence-electron chi connectivity index (χ4n) is 3.55. The number of imide groups is 1. The molecule has 0 spiro atoms. The molecule has 7 heteroatoms. The van der Waals surface area contributed by atoms with Crippen LogP contribution < -0.4 is 10.1 Å². The Bertz CT molecular complexity index is 1190. The fourth-order valence-corrected chi connectivity index (χ4v) is 3.68. The number of benzene rings is 3. The van der Waals surface area contributed by atoms with Gasteiger partial charge in [0.1, 0.15) is 17.3 Å². The predicted molar refractivity (Wildman–Crippen MR) is 122 cm³/mol. The lowest BCUT2D eigenvalue weighted by molar-refractivity contribution is -0.136. The lowest BCUT2D eigenvalue weighted by Gasteiger charge is -2.16. The molecular formula is C25H20ClFN2O3. The first kappa shape index (κ1) is 21.6. The SMILES string of the molecule is COc1ccccc1NC1=C(c2ccc(F)cc2)C(=O)N(CCc2ccc(Cl)cc2)C1=O. The van der Waals surface area contributed by atoms with Crippen LogP contribution in [0.4, 0.5) is 10.1 Å². The molecule has 0 unspecified atom stereocenters. The van der Waals surface area contributed by atoms with E-state index in [2.05, 4.69) is 5.32 Å². The number of nitrogens with one attached hydrogen (secondary N) is 1. The fraction of sp³-hybridized carbons (Fsp3) is 0.120. The third kappa shape index (κ3) is 4.36. The van der Waals surface area contributed by atoms with Crippen molar-refractivity contribution in [2.75, 3.05) is 19.0 Å². The number of ether oxygens (including phenoxy) is 1. The molecule has 162 valence electrons. The van der Waals surface area contributed by atoms with Crippen LogP contribution in [0.25, 0.3) is 5.57 Å². The third-order valence-electron chi connectivity index (χ3n) is 5.20. The Kier molecular flexibility index (Phi) is 6.23. The summed E-state index contributed by atoms with van der Waals surface area (Å²) in [5, 5.41) is 3.69. The first-order chi connectivity index (χ1) is 15.5. The van der Waals surface area contributed by atoms with E-state index >= 15 is 0 Å². The molecule has 0 radical (unpaired) electrons. The van der Waals surface area contributed by atoms with Gasteiger partial charge in [-0.15, -0.1) is 0 Å². The molecule has 0 saturated heterocycles. The van der Waals surface area contributed by atoms with Gasteiger partial charge in [0.15, 0.2) is 0 Å². The number of hydrogen-bond donors (Lipinski definition) is 1. The van der Waals surface area contributed by atoms with Crippen molar-refractivity contribution in [1.29, 1.82) is 0 Å². The highest BCUT2D eigenvalue weighted by atomic mass is 35.5. The van der Waals surface area contributed by atoms with Crippen LogP contribution in [0.2, 0.25) is 5.02 Å². The van der Waals surface area contributed by atoms with Gasteiger partial charge in [-0.05, 0) is 53.9 Å². The Morgan fingerprint density at radius 2 is 1.62 bits per heavy atom. The van der Waals surface area contributed by atoms with E-state index in [-0.39, 0.29) is 17.8 Å². The normalized spacial score (nSPS) is 13.7. The molecule has 0 bridgehead atoms. The van der Waals surface area contributed by atoms with Crippen molar-refractivity contribution >= 4 is 34.7 Å². The average molecular weight is 451 g/mol. The molecule has 0 aliphatic carbocycles. The van der Waals surface area contributed by atoms with Gasteiger partial charge in [-0.2, -0.15) is 0 Å². The average Bonchev–Trinajstić information content (AvgIpc) is 3.03. The number of para-hydroxylation sites is 2. The summed E-state index contributed by atoms with van der Waals surface area (Å²) in [5.74, 6) is -0.787. The van der Waals surface area contributed by atoms with E-state index in [9.17, 15) is 14.0 Å². The van der Waals surface area contributed by atoms with E-state index in [4.69, 9.17) is 16.3 Å². The Hall–Kier alpha value is -3.64. The largest absolute Gasteiger partial charge is 0.495 e. The smallest absolute Gasteiger partial charge is 0.278 e. The van der Waals surface area contributed by atoms with Crippen molar-refractivity contribution in [3.63, 3.8) is 0 Å². The topological polar surface area (TPSA) is 58.6 Å². The van der Waals surface area contributed by atoms with Gasteiger partial charge < -0.3 is 10.1 Å². The summed E-state index contributed by atoms with van der Waals surface area (Å²) >= 11 is 5.93. The number of methoxy groups -OCH3 is 1. The van der Waals surface area contributed by atoms with E-state index in [1.165, 1.54) is 36.3 Å². The van der Waals surface area contributed by atoms with Gasteiger partial charge in [-0.3, -0.25) is 14.5 Å². The lowest BCUT2D eigenvalue weighted by Crippen LogP contribution is -2.34. The number of halogens is 2. The summed E-state index contributed by atoms with van der Waals surface area (Å²) in [6.45, 7) is 0.196. The van der Waals surface area contributed by atoms with Crippen molar-refractivity contribution < 1.29 is 18.7 Å². The molecular weight excluding hydrogens is 431 g/mol. The highest BCUT2D eigenvalue weighted by molar-refractivity contribution is 6.36. The summed E-state index contributed by atoms with van der Waals surface area (Å²) in [6, 6.07) is 19.8. The second-order valence-electron chi connectivity index (χ2n) is 7.22. The minimum atomic E-state index is -0.450. The minimum Gasteiger partial charge on any atom is -0.495 e. The highest BCUT2D eigenvalue weighted by Crippen LogP contribution is 2.33. The molecule has 3 aromatic rings. The van der Waals surface area contributed by atoms with Gasteiger partial charge in [-0.25, -0.2) is 4.39 Å². The van der Waals surface area contributed by atoms with E-state index in [1.807, 2.05) is 12.1 Å². The quantitative estimate of drug-likeness (QED) is 0.519. The van der Waals surface area contributed by atoms with Crippen LogP contribution in [0.15, 0.2) is 78.5 Å². The molecule has 1 heterocycles. The van der Waals surface area contributed by atoms with Gasteiger partial charge >= 0.3 is 0 Å². The number of amides is 2. The number of nitrogens with zero attached hydrogens (tertiary/aromatic N) is 1. The maximum atomic E-state index is 13.5. The predicted octanol–water partition coefficient (Wildman–Crippen LogP) is 4.92. The Morgan fingerprint density at radius 1 is 0.938 bits per heavy atom. The first-order valence-electron chi connectivity index (χ1n) is 9.99. The monoisotopic (exact) mass is 450 g/mol. The Labute approximate surface area is 190 Å². The molecule has 1 aliphatic heterocycles. The van der Waals surface area contributed by atoms with Gasteiger partial charge in [0.25, 0.3) is 11.8 Å². The molecule has 4 rings (SSSR count). The van der Waals surface area contributed by atoms with E-state index < -0.39 is 17.6 Å². The van der Waals surface area contributed by atoms with Crippen LogP contribution in [0.1, 0.15) is 11.1 Å². The van der Waals surface area contributed by atoms with Crippen LogP contribution in [0, 0.1) is 5.82 Å². The third-order valence-corrected chi connectivity index (χ3v) is 5.46. The van der Waals surface area contributed by atoms with E-state index in [0.717, 1.165) is 5.56 Å². The zero-order valence-electron chi connectivity index (χ0n) is 17.3. The minimum absolute atomic E-state index is 0.127. The maximum absolute atomic E-state index is 13.5. The Morgan fingerprint density at radius 3 is 2.31 bits per heavy atom. The maximum Gasteiger partial charge on any atom is 0.278 e. The van der Waals surface area contributed by atoms with Gasteiger partial charge in [-0.1, -0.05) is 48.0 Å². The summed E-state index contributed by atoms with van der Waals surface area (Å²) in [4.78, 5) is 27.8. The molecule has 0 aromatic heterocycles. The molecule has 32 heavy (non-hydrogen) atoms.